The number of carbonyl (C=O) groups excluding carboxylic acids is 1. The van der Waals surface area contributed by atoms with Crippen LogP contribution in [0.1, 0.15) is 34.3 Å². The highest BCUT2D eigenvalue weighted by molar-refractivity contribution is 5.95. The van der Waals surface area contributed by atoms with Crippen molar-refractivity contribution < 1.29 is 9.90 Å². The van der Waals surface area contributed by atoms with Crippen molar-refractivity contribution in [2.24, 2.45) is 0 Å². The molecule has 0 spiro atoms. The number of fused-ring (bicyclic) bond motifs is 1. The molecule has 1 aromatic rings. The molecular weight excluding hydrogens is 240 g/mol. The van der Waals surface area contributed by atoms with Gasteiger partial charge in [-0.25, -0.2) is 0 Å². The van der Waals surface area contributed by atoms with Gasteiger partial charge in [0, 0.05) is 18.7 Å². The number of benzene rings is 1. The van der Waals surface area contributed by atoms with Gasteiger partial charge in [-0.15, -0.1) is 0 Å². The van der Waals surface area contributed by atoms with Crippen molar-refractivity contribution in [2.45, 2.75) is 31.8 Å². The zero-order chi connectivity index (χ0) is 13.2. The van der Waals surface area contributed by atoms with Crippen LogP contribution in [0.25, 0.3) is 0 Å². The maximum absolute atomic E-state index is 12.5. The summed E-state index contributed by atoms with van der Waals surface area (Å²) >= 11 is 0. The van der Waals surface area contributed by atoms with Crippen molar-refractivity contribution in [3.8, 4) is 0 Å². The van der Waals surface area contributed by atoms with Crippen LogP contribution in [0.3, 0.4) is 0 Å². The summed E-state index contributed by atoms with van der Waals surface area (Å²) in [5.41, 5.74) is 3.33. The van der Waals surface area contributed by atoms with Crippen molar-refractivity contribution in [3.05, 3.63) is 34.9 Å². The summed E-state index contributed by atoms with van der Waals surface area (Å²) in [6.07, 6.45) is 2.94. The molecule has 0 bridgehead atoms. The molecule has 4 nitrogen and oxygen atoms in total. The van der Waals surface area contributed by atoms with Crippen LogP contribution in [-0.2, 0) is 13.0 Å². The van der Waals surface area contributed by atoms with Gasteiger partial charge in [-0.1, -0.05) is 6.07 Å². The minimum Gasteiger partial charge on any atom is -0.394 e. The first-order chi connectivity index (χ1) is 9.29. The van der Waals surface area contributed by atoms with Gasteiger partial charge in [0.05, 0.1) is 12.6 Å². The Kier molecular flexibility index (Phi) is 3.53. The molecule has 0 radical (unpaired) electrons. The highest BCUT2D eigenvalue weighted by atomic mass is 16.3. The standard InChI is InChI=1S/C15H20N2O2/c18-10-14-2-1-7-17(14)15(19)12-4-3-11-5-6-16-9-13(11)8-12/h3-4,8,14,16,18H,1-2,5-7,9-10H2/t14-/m0/s1. The van der Waals surface area contributed by atoms with Gasteiger partial charge >= 0.3 is 0 Å². The van der Waals surface area contributed by atoms with Gasteiger partial charge in [0.25, 0.3) is 5.91 Å². The van der Waals surface area contributed by atoms with E-state index < -0.39 is 0 Å². The first kappa shape index (κ1) is 12.6. The molecule has 1 aromatic carbocycles. The minimum atomic E-state index is 0.00153. The molecule has 1 atom stereocenters. The van der Waals surface area contributed by atoms with E-state index in [-0.39, 0.29) is 18.6 Å². The molecule has 0 aliphatic carbocycles. The average molecular weight is 260 g/mol. The molecule has 2 heterocycles. The summed E-state index contributed by atoms with van der Waals surface area (Å²) < 4.78 is 0. The quantitative estimate of drug-likeness (QED) is 0.831. The molecule has 1 amide bonds. The molecule has 1 fully saturated rings. The number of hydrogen-bond donors (Lipinski definition) is 2. The zero-order valence-corrected chi connectivity index (χ0v) is 11.1. The van der Waals surface area contributed by atoms with Gasteiger partial charge < -0.3 is 15.3 Å². The van der Waals surface area contributed by atoms with E-state index in [9.17, 15) is 9.90 Å². The summed E-state index contributed by atoms with van der Waals surface area (Å²) in [7, 11) is 0. The third kappa shape index (κ3) is 2.38. The molecule has 0 saturated carbocycles. The van der Waals surface area contributed by atoms with Gasteiger partial charge in [-0.05, 0) is 49.1 Å². The predicted molar refractivity (Wildman–Crippen MR) is 73.0 cm³/mol. The Bertz CT molecular complexity index is 487. The Balaban J connectivity index is 1.83. The van der Waals surface area contributed by atoms with Crippen molar-refractivity contribution in [2.75, 3.05) is 19.7 Å². The second kappa shape index (κ2) is 5.31. The largest absolute Gasteiger partial charge is 0.394 e. The molecule has 4 heteroatoms. The van der Waals surface area contributed by atoms with E-state index in [0.29, 0.717) is 0 Å². The summed E-state index contributed by atoms with van der Waals surface area (Å²) in [5.74, 6) is 0.0601. The van der Waals surface area contributed by atoms with Crippen molar-refractivity contribution in [1.82, 2.24) is 10.2 Å². The van der Waals surface area contributed by atoms with E-state index >= 15 is 0 Å². The van der Waals surface area contributed by atoms with E-state index in [4.69, 9.17) is 0 Å². The Hall–Kier alpha value is -1.39. The molecule has 2 aliphatic rings. The van der Waals surface area contributed by atoms with Crippen molar-refractivity contribution >= 4 is 5.91 Å². The zero-order valence-electron chi connectivity index (χ0n) is 11.1. The normalized spacial score (nSPS) is 22.4. The molecule has 19 heavy (non-hydrogen) atoms. The number of nitrogens with zero attached hydrogens (tertiary/aromatic N) is 1. The fourth-order valence-electron chi connectivity index (χ4n) is 3.07. The summed E-state index contributed by atoms with van der Waals surface area (Å²) in [5, 5.41) is 12.7. The lowest BCUT2D eigenvalue weighted by atomic mass is 9.98. The van der Waals surface area contributed by atoms with Crippen LogP contribution < -0.4 is 5.32 Å². The topological polar surface area (TPSA) is 52.6 Å². The van der Waals surface area contributed by atoms with E-state index in [0.717, 1.165) is 44.5 Å². The molecule has 0 aromatic heterocycles. The maximum atomic E-state index is 12.5. The first-order valence-corrected chi connectivity index (χ1v) is 7.04. The third-order valence-corrected chi connectivity index (χ3v) is 4.19. The van der Waals surface area contributed by atoms with Gasteiger partial charge in [0.2, 0.25) is 0 Å². The van der Waals surface area contributed by atoms with Crippen LogP contribution in [0.5, 0.6) is 0 Å². The number of aliphatic hydroxyl groups excluding tert-OH is 1. The lowest BCUT2D eigenvalue weighted by Gasteiger charge is -2.24. The summed E-state index contributed by atoms with van der Waals surface area (Å²) in [6, 6.07) is 6.02. The molecular formula is C15H20N2O2. The number of aliphatic hydroxyl groups is 1. The molecule has 2 aliphatic heterocycles. The average Bonchev–Trinajstić information content (AvgIpc) is 2.94. The van der Waals surface area contributed by atoms with E-state index in [1.807, 2.05) is 17.0 Å². The first-order valence-electron chi connectivity index (χ1n) is 7.04. The van der Waals surface area contributed by atoms with Crippen LogP contribution in [-0.4, -0.2) is 41.7 Å². The molecule has 2 N–H and O–H groups in total. The van der Waals surface area contributed by atoms with Gasteiger partial charge in [0.15, 0.2) is 0 Å². The van der Waals surface area contributed by atoms with Crippen LogP contribution >= 0.6 is 0 Å². The molecule has 3 rings (SSSR count). The fraction of sp³-hybridized carbons (Fsp3) is 0.533. The Morgan fingerprint density at radius 3 is 3.16 bits per heavy atom. The molecule has 102 valence electrons. The summed E-state index contributed by atoms with van der Waals surface area (Å²) in [6.45, 7) is 2.69. The van der Waals surface area contributed by atoms with Crippen LogP contribution in [0, 0.1) is 0 Å². The number of amides is 1. The minimum absolute atomic E-state index is 0.00153. The van der Waals surface area contributed by atoms with Crippen LogP contribution in [0.15, 0.2) is 18.2 Å². The number of carbonyl (C=O) groups is 1. The fourth-order valence-corrected chi connectivity index (χ4v) is 3.07. The van der Waals surface area contributed by atoms with Gasteiger partial charge in [-0.3, -0.25) is 4.79 Å². The van der Waals surface area contributed by atoms with Crippen molar-refractivity contribution in [1.29, 1.82) is 0 Å². The Morgan fingerprint density at radius 1 is 1.42 bits per heavy atom. The number of nitrogens with one attached hydrogen (secondary N) is 1. The third-order valence-electron chi connectivity index (χ3n) is 4.19. The smallest absolute Gasteiger partial charge is 0.254 e. The number of likely N-dealkylation sites (tertiary alicyclic amines) is 1. The number of rotatable bonds is 2. The molecule has 0 unspecified atom stereocenters. The van der Waals surface area contributed by atoms with Crippen LogP contribution in [0.4, 0.5) is 0 Å². The predicted octanol–water partition coefficient (Wildman–Crippen LogP) is 0.929. The monoisotopic (exact) mass is 260 g/mol. The van der Waals surface area contributed by atoms with E-state index in [1.165, 1.54) is 11.1 Å². The van der Waals surface area contributed by atoms with E-state index in [1.54, 1.807) is 0 Å². The Labute approximate surface area is 113 Å². The Morgan fingerprint density at radius 2 is 2.32 bits per heavy atom. The second-order valence-electron chi connectivity index (χ2n) is 5.39. The van der Waals surface area contributed by atoms with Gasteiger partial charge in [-0.2, -0.15) is 0 Å². The maximum Gasteiger partial charge on any atom is 0.254 e. The van der Waals surface area contributed by atoms with Gasteiger partial charge in [0.1, 0.15) is 0 Å². The lowest BCUT2D eigenvalue weighted by molar-refractivity contribution is 0.0677. The molecule has 1 saturated heterocycles. The van der Waals surface area contributed by atoms with E-state index in [2.05, 4.69) is 11.4 Å². The van der Waals surface area contributed by atoms with Crippen molar-refractivity contribution in [3.63, 3.8) is 0 Å². The lowest BCUT2D eigenvalue weighted by Crippen LogP contribution is -2.37. The highest BCUT2D eigenvalue weighted by Crippen LogP contribution is 2.22. The van der Waals surface area contributed by atoms with Crippen LogP contribution in [0.2, 0.25) is 0 Å². The SMILES string of the molecule is O=C(c1ccc2c(c1)CNCC2)N1CCC[C@H]1CO. The second-order valence-corrected chi connectivity index (χ2v) is 5.39. The highest BCUT2D eigenvalue weighted by Gasteiger charge is 2.29. The summed E-state index contributed by atoms with van der Waals surface area (Å²) in [4.78, 5) is 14.3. The number of hydrogen-bond acceptors (Lipinski definition) is 3.